The minimum absolute atomic E-state index is 0.108. The summed E-state index contributed by atoms with van der Waals surface area (Å²) in [5.74, 6) is 0.264. The fourth-order valence-electron chi connectivity index (χ4n) is 6.14. The molecule has 1 saturated heterocycles. The molecule has 3 aromatic heterocycles. The number of aliphatic hydroxyl groups is 1. The molecule has 1 atom stereocenters. The number of halogens is 1. The molecule has 8 heteroatoms. The van der Waals surface area contributed by atoms with Gasteiger partial charge in [0.2, 0.25) is 0 Å². The highest BCUT2D eigenvalue weighted by Gasteiger charge is 2.27. The van der Waals surface area contributed by atoms with Gasteiger partial charge in [-0.1, -0.05) is 29.5 Å². The van der Waals surface area contributed by atoms with Gasteiger partial charge in [-0.3, -0.25) is 4.98 Å². The summed E-state index contributed by atoms with van der Waals surface area (Å²) in [6.45, 7) is 7.54. The van der Waals surface area contributed by atoms with Gasteiger partial charge in [-0.05, 0) is 94.4 Å². The third kappa shape index (κ3) is 4.72. The molecule has 5 aromatic rings. The number of hydrogen-bond acceptors (Lipinski definition) is 5. The van der Waals surface area contributed by atoms with Gasteiger partial charge in [0.1, 0.15) is 5.82 Å². The number of benzene rings is 2. The lowest BCUT2D eigenvalue weighted by atomic mass is 9.88. The number of fused-ring (bicyclic) bond motifs is 3. The minimum Gasteiger partial charge on any atom is -0.386 e. The summed E-state index contributed by atoms with van der Waals surface area (Å²) >= 11 is 0. The number of aromatic nitrogens is 5. The molecule has 2 aromatic carbocycles. The van der Waals surface area contributed by atoms with Crippen LogP contribution in [0.5, 0.6) is 0 Å². The quantitative estimate of drug-likeness (QED) is 0.299. The van der Waals surface area contributed by atoms with Crippen molar-refractivity contribution in [1.82, 2.24) is 29.9 Å². The molecule has 1 unspecified atom stereocenters. The van der Waals surface area contributed by atoms with Crippen LogP contribution in [0.4, 0.5) is 4.39 Å². The summed E-state index contributed by atoms with van der Waals surface area (Å²) in [4.78, 5) is 4.96. The Hall–Kier alpha value is -3.62. The Morgan fingerprint density at radius 1 is 1.10 bits per heavy atom. The third-order valence-corrected chi connectivity index (χ3v) is 8.18. The molecule has 7 nitrogen and oxygen atoms in total. The molecule has 0 spiro atoms. The first-order valence-electron chi connectivity index (χ1n) is 13.7. The van der Waals surface area contributed by atoms with Crippen molar-refractivity contribution < 1.29 is 9.50 Å². The molecule has 39 heavy (non-hydrogen) atoms. The van der Waals surface area contributed by atoms with Crippen LogP contribution in [-0.4, -0.2) is 42.7 Å². The Labute approximate surface area is 227 Å². The average molecular weight is 527 g/mol. The van der Waals surface area contributed by atoms with Crippen molar-refractivity contribution in [2.75, 3.05) is 13.1 Å². The molecular formula is C31H35FN6O. The second-order valence-corrected chi connectivity index (χ2v) is 11.4. The fraction of sp³-hybridized carbons (Fsp3) is 0.387. The summed E-state index contributed by atoms with van der Waals surface area (Å²) in [5.41, 5.74) is 6.28. The molecule has 0 radical (unpaired) electrons. The van der Waals surface area contributed by atoms with Crippen molar-refractivity contribution >= 4 is 21.9 Å². The topological polar surface area (TPSA) is 80.8 Å². The van der Waals surface area contributed by atoms with Gasteiger partial charge in [0.15, 0.2) is 0 Å². The molecule has 4 heterocycles. The third-order valence-electron chi connectivity index (χ3n) is 8.18. The molecule has 0 saturated carbocycles. The van der Waals surface area contributed by atoms with Crippen LogP contribution in [0.25, 0.3) is 33.2 Å². The number of piperidine rings is 1. The van der Waals surface area contributed by atoms with E-state index in [1.165, 1.54) is 6.07 Å². The summed E-state index contributed by atoms with van der Waals surface area (Å²) in [6.07, 6.45) is 4.93. The highest BCUT2D eigenvalue weighted by Crippen LogP contribution is 2.40. The van der Waals surface area contributed by atoms with Crippen LogP contribution in [0.2, 0.25) is 0 Å². The number of rotatable bonds is 6. The Balaban J connectivity index is 1.65. The van der Waals surface area contributed by atoms with E-state index in [1.807, 2.05) is 32.3 Å². The molecule has 1 aliphatic rings. The van der Waals surface area contributed by atoms with Gasteiger partial charge in [-0.2, -0.15) is 0 Å². The summed E-state index contributed by atoms with van der Waals surface area (Å²) < 4.78 is 18.8. The summed E-state index contributed by atoms with van der Waals surface area (Å²) in [5, 5.41) is 23.8. The maximum absolute atomic E-state index is 14.7. The first kappa shape index (κ1) is 25.6. The van der Waals surface area contributed by atoms with Gasteiger partial charge >= 0.3 is 0 Å². The highest BCUT2D eigenvalue weighted by molar-refractivity contribution is 6.07. The van der Waals surface area contributed by atoms with Gasteiger partial charge < -0.3 is 15.0 Å². The fourth-order valence-corrected chi connectivity index (χ4v) is 6.14. The largest absolute Gasteiger partial charge is 0.386 e. The first-order valence-corrected chi connectivity index (χ1v) is 13.7. The van der Waals surface area contributed by atoms with Crippen LogP contribution >= 0.6 is 0 Å². The molecule has 1 fully saturated rings. The zero-order valence-electron chi connectivity index (χ0n) is 22.9. The maximum Gasteiger partial charge on any atom is 0.123 e. The maximum atomic E-state index is 14.7. The lowest BCUT2D eigenvalue weighted by Gasteiger charge is -2.30. The number of aryl methyl sites for hydroxylation is 2. The van der Waals surface area contributed by atoms with Crippen molar-refractivity contribution in [2.45, 2.75) is 51.7 Å². The van der Waals surface area contributed by atoms with E-state index in [4.69, 9.17) is 4.98 Å². The lowest BCUT2D eigenvalue weighted by Crippen LogP contribution is -2.29. The zero-order valence-corrected chi connectivity index (χ0v) is 22.9. The smallest absolute Gasteiger partial charge is 0.123 e. The molecule has 2 N–H and O–H groups in total. The van der Waals surface area contributed by atoms with E-state index in [2.05, 4.69) is 38.4 Å². The van der Waals surface area contributed by atoms with Gasteiger partial charge in [-0.15, -0.1) is 5.10 Å². The summed E-state index contributed by atoms with van der Waals surface area (Å²) in [6, 6.07) is 15.1. The van der Waals surface area contributed by atoms with E-state index >= 15 is 0 Å². The van der Waals surface area contributed by atoms with Crippen LogP contribution in [0.15, 0.2) is 54.7 Å². The van der Waals surface area contributed by atoms with Crippen LogP contribution in [0, 0.1) is 18.7 Å². The van der Waals surface area contributed by atoms with E-state index in [-0.39, 0.29) is 11.9 Å². The van der Waals surface area contributed by atoms with Gasteiger partial charge in [0.05, 0.1) is 39.6 Å². The molecule has 0 bridgehead atoms. The van der Waals surface area contributed by atoms with E-state index in [1.54, 1.807) is 30.7 Å². The summed E-state index contributed by atoms with van der Waals surface area (Å²) in [7, 11) is 1.89. The Morgan fingerprint density at radius 2 is 1.90 bits per heavy atom. The monoisotopic (exact) mass is 526 g/mol. The molecule has 6 rings (SSSR count). The number of pyridine rings is 1. The Morgan fingerprint density at radius 3 is 2.59 bits per heavy atom. The first-order chi connectivity index (χ1) is 18.7. The van der Waals surface area contributed by atoms with Crippen LogP contribution in [0.1, 0.15) is 56.0 Å². The van der Waals surface area contributed by atoms with Crippen molar-refractivity contribution in [3.8, 4) is 11.3 Å². The number of hydrogen-bond donors (Lipinski definition) is 2. The number of nitrogens with zero attached hydrogens (tertiary/aromatic N) is 5. The minimum atomic E-state index is -1.01. The zero-order chi connectivity index (χ0) is 27.3. The van der Waals surface area contributed by atoms with Crippen molar-refractivity contribution in [3.63, 3.8) is 0 Å². The Bertz CT molecular complexity index is 1640. The predicted octanol–water partition coefficient (Wildman–Crippen LogP) is 5.64. The van der Waals surface area contributed by atoms with Crippen LogP contribution in [-0.2, 0) is 12.6 Å². The van der Waals surface area contributed by atoms with Crippen molar-refractivity contribution in [1.29, 1.82) is 0 Å². The van der Waals surface area contributed by atoms with E-state index in [9.17, 15) is 9.50 Å². The van der Waals surface area contributed by atoms with E-state index in [0.717, 1.165) is 82.4 Å². The number of nitrogens with one attached hydrogen (secondary N) is 1. The second-order valence-electron chi connectivity index (χ2n) is 11.4. The van der Waals surface area contributed by atoms with Gasteiger partial charge in [0, 0.05) is 24.2 Å². The highest BCUT2D eigenvalue weighted by atomic mass is 19.1. The molecule has 0 amide bonds. The molecule has 0 aliphatic carbocycles. The molecular weight excluding hydrogens is 491 g/mol. The van der Waals surface area contributed by atoms with E-state index < -0.39 is 5.60 Å². The van der Waals surface area contributed by atoms with Crippen LogP contribution < -0.4 is 5.32 Å². The van der Waals surface area contributed by atoms with Gasteiger partial charge in [0.25, 0.3) is 0 Å². The van der Waals surface area contributed by atoms with Crippen molar-refractivity contribution in [3.05, 3.63) is 77.4 Å². The molecule has 1 aliphatic heterocycles. The standard InChI is InChI=1S/C31H35FN6O/c1-19-30(37(4)36-35-19)22-16-28-29(34-18-22)25-9-8-23(31(2,3)39)17-27(25)38(28)26(14-20-10-12-33-13-11-20)21-6-5-7-24(32)15-21/h5-9,15-18,20,26,33,39H,10-14H2,1-4H3. The van der Waals surface area contributed by atoms with Crippen LogP contribution in [0.3, 0.4) is 0 Å². The predicted molar refractivity (Wildman–Crippen MR) is 152 cm³/mol. The molecule has 202 valence electrons. The normalized spacial score (nSPS) is 15.8. The Kier molecular flexibility index (Phi) is 6.47. The lowest BCUT2D eigenvalue weighted by molar-refractivity contribution is 0.0787. The van der Waals surface area contributed by atoms with Gasteiger partial charge in [-0.25, -0.2) is 9.07 Å². The second kappa shape index (κ2) is 9.84. The SMILES string of the molecule is Cc1nnn(C)c1-c1cnc2c3ccc(C(C)(C)O)cc3n(C(CC3CCNCC3)c3cccc(F)c3)c2c1. The van der Waals surface area contributed by atoms with Crippen molar-refractivity contribution in [2.24, 2.45) is 13.0 Å². The average Bonchev–Trinajstić information content (AvgIpc) is 3.42. The van der Waals surface area contributed by atoms with E-state index in [0.29, 0.717) is 5.92 Å².